The number of benzene rings is 10. The quantitative estimate of drug-likeness (QED) is 0.0142. The zero-order valence-corrected chi connectivity index (χ0v) is 74.4. The van der Waals surface area contributed by atoms with Crippen LogP contribution in [0.2, 0.25) is 20.1 Å². The smallest absolute Gasteiger partial charge is 0.857 e. The molecule has 0 saturated heterocycles. The predicted molar refractivity (Wildman–Crippen MR) is 461 cm³/mol. The molecule has 0 fully saturated rings. The Labute approximate surface area is 717 Å². The van der Waals surface area contributed by atoms with Gasteiger partial charge in [-0.3, -0.25) is 9.36 Å². The molecule has 0 aliphatic rings. The molecule has 11 nitrogen and oxygen atoms in total. The van der Waals surface area contributed by atoms with Gasteiger partial charge in [-0.2, -0.15) is 7.11 Å². The Balaban J connectivity index is 0.000000249. The molecule has 0 radical (unpaired) electrons. The van der Waals surface area contributed by atoms with Crippen molar-refractivity contribution >= 4 is 220 Å². The summed E-state index contributed by atoms with van der Waals surface area (Å²) in [6, 6.07) is 69.3. The minimum absolute atomic E-state index is 0. The van der Waals surface area contributed by atoms with E-state index in [4.69, 9.17) is 76.2 Å². The van der Waals surface area contributed by atoms with E-state index in [9.17, 15) is 14.4 Å². The van der Waals surface area contributed by atoms with Crippen molar-refractivity contribution in [3.8, 4) is 17.2 Å². The molecule has 0 atom stereocenters. The van der Waals surface area contributed by atoms with Gasteiger partial charge in [0, 0.05) is 83.0 Å². The molecule has 0 bridgehead atoms. The summed E-state index contributed by atoms with van der Waals surface area (Å²) in [5, 5.41) is 15.2. The molecular weight excluding hydrogens is 1850 g/mol. The van der Waals surface area contributed by atoms with Crippen LogP contribution in [0.25, 0.3) is 28.7 Å². The number of carbonyl (C=O) groups is 2. The van der Waals surface area contributed by atoms with Crippen LogP contribution in [0.5, 0.6) is 11.5 Å². The fraction of sp³-hybridized carbons (Fsp3) is 0.148. The van der Waals surface area contributed by atoms with E-state index in [0.29, 0.717) is 50.6 Å². The Morgan fingerprint density at radius 1 is 0.524 bits per heavy atom. The van der Waals surface area contributed by atoms with Gasteiger partial charge in [0.25, 0.3) is 5.56 Å². The summed E-state index contributed by atoms with van der Waals surface area (Å²) in [7, 11) is 3.93. The molecule has 1 aromatic heterocycles. The van der Waals surface area contributed by atoms with E-state index < -0.39 is 0 Å². The first-order chi connectivity index (χ1) is 50.1. The molecule has 1 heterocycles. The third kappa shape index (κ3) is 30.3. The van der Waals surface area contributed by atoms with Gasteiger partial charge in [-0.15, -0.1) is 35.3 Å². The summed E-state index contributed by atoms with van der Waals surface area (Å²) in [6.07, 6.45) is 6.28. The van der Waals surface area contributed by atoms with Crippen LogP contribution in [0.4, 0.5) is 17.1 Å². The largest absolute Gasteiger partial charge is 1.00 e. The van der Waals surface area contributed by atoms with Gasteiger partial charge in [0.1, 0.15) is 11.5 Å². The van der Waals surface area contributed by atoms with Gasteiger partial charge in [-0.1, -0.05) is 143 Å². The van der Waals surface area contributed by atoms with E-state index in [1.807, 2.05) is 153 Å². The SMILES string of the molecule is CCOC(=O)/C=C/c1cc(SCc2ccccc2)ccc1N.CCOC(=O)/C=C/c1cc(SCc2ccccc2)ccc1Nc1cc(Cl)c(Br)cc1OC.COc1cc(Br)c(Cl)cc1-n1c(=O)ccc2cc(SCc3ccccc3)ccc21.C[O-].Cc1cc(Br)c(Cl)cc1I.Cc1ccc(Cl)c(Br)c1.[Na+]. The predicted octanol–water partition coefficient (Wildman–Crippen LogP) is 22.0. The Kier molecular flexibility index (Phi) is 41.7. The number of ether oxygens (including phenoxy) is 4. The third-order valence-corrected chi connectivity index (χ3v) is 23.5. The summed E-state index contributed by atoms with van der Waals surface area (Å²) in [5.41, 5.74) is 17.3. The molecule has 11 aromatic rings. The van der Waals surface area contributed by atoms with E-state index in [1.54, 1.807) is 104 Å². The first-order valence-electron chi connectivity index (χ1n) is 31.7. The Bertz CT molecular complexity index is 4720. The molecule has 10 aromatic carbocycles. The number of esters is 2. The average molecular weight is 1920 g/mol. The Morgan fingerprint density at radius 2 is 0.981 bits per heavy atom. The number of carbonyl (C=O) groups excluding carboxylic acids is 2. The van der Waals surface area contributed by atoms with Crippen molar-refractivity contribution in [2.45, 2.75) is 59.6 Å². The maximum Gasteiger partial charge on any atom is 1.00 e. The number of aryl methyl sites for hydroxylation is 2. The van der Waals surface area contributed by atoms with Gasteiger partial charge in [-0.25, -0.2) is 9.59 Å². The number of aromatic nitrogens is 1. The van der Waals surface area contributed by atoms with Crippen molar-refractivity contribution in [2.24, 2.45) is 0 Å². The van der Waals surface area contributed by atoms with E-state index in [0.717, 1.165) is 95.9 Å². The van der Waals surface area contributed by atoms with E-state index in [2.05, 4.69) is 141 Å². The summed E-state index contributed by atoms with van der Waals surface area (Å²) in [6.45, 7) is 8.34. The first kappa shape index (κ1) is 90.5. The average Bonchev–Trinajstić information content (AvgIpc) is 0.770. The van der Waals surface area contributed by atoms with Gasteiger partial charge in [-0.05, 0) is 280 Å². The van der Waals surface area contributed by atoms with Gasteiger partial charge >= 0.3 is 41.5 Å². The second-order valence-electron chi connectivity index (χ2n) is 21.7. The number of nitrogens with one attached hydrogen (secondary N) is 1. The Hall–Kier alpha value is -5.15. The molecule has 0 amide bonds. The minimum Gasteiger partial charge on any atom is -0.857 e. The first-order valence-corrected chi connectivity index (χ1v) is 40.4. The number of anilines is 3. The monoisotopic (exact) mass is 1920 g/mol. The normalized spacial score (nSPS) is 10.4. The summed E-state index contributed by atoms with van der Waals surface area (Å²) in [4.78, 5) is 39.3. The molecule has 3 N–H and O–H groups in total. The number of hydrogen-bond acceptors (Lipinski definition) is 13. The molecular formula is C81H73Br4Cl4IN3NaO8S3. The Morgan fingerprint density at radius 3 is 1.49 bits per heavy atom. The van der Waals surface area contributed by atoms with Crippen molar-refractivity contribution in [1.29, 1.82) is 0 Å². The maximum absolute atomic E-state index is 12.7. The van der Waals surface area contributed by atoms with Crippen LogP contribution in [0, 0.1) is 17.4 Å². The van der Waals surface area contributed by atoms with Gasteiger partial charge in [0.15, 0.2) is 0 Å². The summed E-state index contributed by atoms with van der Waals surface area (Å²) < 4.78 is 27.1. The fourth-order valence-electron chi connectivity index (χ4n) is 9.17. The van der Waals surface area contributed by atoms with Crippen molar-refractivity contribution in [3.05, 3.63) is 315 Å². The van der Waals surface area contributed by atoms with Crippen molar-refractivity contribution < 1.29 is 63.2 Å². The standard InChI is InChI=1S/C25H23BrClNO3S.C23H17BrClNO2S.C18H19NO2S.C7H5BrClI.C7H6BrCl.CH3O.Na/c1-3-31-25(29)12-9-18-13-19(32-16-17-7-5-4-6-8-17)10-11-22(18)28-23-15-21(27)20(26)14-24(23)30-2;1-28-22-12-18(24)19(25)13-21(22)26-20-9-8-17(11-16(20)7-10-23(26)27)29-14-15-5-3-2-4-6-15;1-2-21-18(20)11-8-15-12-16(9-10-17(15)19)22-13-14-6-4-3-5-7-14;1-4-2-5(8)6(9)3-7(4)10;1-5-2-3-7(9)6(8)4-5;1-2;/h4-15,28H,3,16H2,1-2H3;2-13H,14H2,1H3;3-12H,2,13,19H2,1H3;2-3H,1H3;2-4H,1H3;1H3;/q;;;;;-1;+1/b12-9+;;11-8+;;;;. The van der Waals surface area contributed by atoms with Crippen LogP contribution < -0.4 is 60.7 Å². The molecule has 0 aliphatic carbocycles. The van der Waals surface area contributed by atoms with Crippen LogP contribution in [0.1, 0.15) is 52.8 Å². The summed E-state index contributed by atoms with van der Waals surface area (Å²) >= 11 is 45.1. The van der Waals surface area contributed by atoms with Crippen molar-refractivity contribution in [1.82, 2.24) is 4.57 Å². The van der Waals surface area contributed by atoms with Crippen LogP contribution >= 0.6 is 168 Å². The topological polar surface area (TPSA) is 154 Å². The van der Waals surface area contributed by atoms with Crippen LogP contribution in [-0.4, -0.2) is 51.0 Å². The van der Waals surface area contributed by atoms with Crippen LogP contribution in [0.3, 0.4) is 0 Å². The number of rotatable bonds is 20. The number of thioether (sulfide) groups is 3. The number of hydrogen-bond donors (Lipinski definition) is 2. The summed E-state index contributed by atoms with van der Waals surface area (Å²) in [5.74, 6) is 3.11. The number of fused-ring (bicyclic) bond motifs is 1. The molecule has 11 rings (SSSR count). The number of nitrogens with zero attached hydrogens (tertiary/aromatic N) is 1. The van der Waals surface area contributed by atoms with Gasteiger partial charge in [0.2, 0.25) is 0 Å². The van der Waals surface area contributed by atoms with E-state index in [-0.39, 0.29) is 47.1 Å². The second-order valence-corrected chi connectivity index (χ2v) is 31.1. The molecule has 24 heteroatoms. The zero-order valence-electron chi connectivity index (χ0n) is 58.5. The fourth-order valence-corrected chi connectivity index (χ4v) is 14.7. The number of halogens is 9. The van der Waals surface area contributed by atoms with Crippen LogP contribution in [-0.2, 0) is 36.3 Å². The number of methoxy groups -OCH3 is 2. The van der Waals surface area contributed by atoms with Crippen molar-refractivity contribution in [3.63, 3.8) is 0 Å². The number of nitrogen functional groups attached to an aromatic ring is 1. The van der Waals surface area contributed by atoms with E-state index >= 15 is 0 Å². The van der Waals surface area contributed by atoms with Gasteiger partial charge < -0.3 is 35.1 Å². The molecule has 105 heavy (non-hydrogen) atoms. The van der Waals surface area contributed by atoms with Crippen molar-refractivity contribution in [2.75, 3.05) is 45.6 Å². The van der Waals surface area contributed by atoms with Gasteiger partial charge in [0.05, 0.1) is 64.4 Å². The molecule has 0 unspecified atom stereocenters. The molecule has 0 saturated carbocycles. The number of pyridine rings is 1. The minimum atomic E-state index is -0.384. The molecule has 542 valence electrons. The molecule has 0 spiro atoms. The molecule has 0 aliphatic heterocycles. The second kappa shape index (κ2) is 48.4. The number of nitrogens with two attached hydrogens (primary N) is 1. The third-order valence-electron chi connectivity index (χ3n) is 14.3. The zero-order chi connectivity index (χ0) is 75.7. The maximum atomic E-state index is 12.7. The van der Waals surface area contributed by atoms with E-state index in [1.165, 1.54) is 43.5 Å². The van der Waals surface area contributed by atoms with Crippen LogP contribution in [0.15, 0.2) is 262 Å².